The Hall–Kier alpha value is -0.740. The molecule has 1 aromatic rings. The number of aliphatic hydroxyl groups is 2. The van der Waals surface area contributed by atoms with Gasteiger partial charge in [0.1, 0.15) is 5.82 Å². The van der Waals surface area contributed by atoms with E-state index >= 15 is 0 Å². The first-order valence-corrected chi connectivity index (χ1v) is 7.54. The zero-order valence-electron chi connectivity index (χ0n) is 9.88. The first-order chi connectivity index (χ1) is 8.84. The molecule has 0 atom stereocenters. The lowest BCUT2D eigenvalue weighted by molar-refractivity contribution is 0.217. The summed E-state index contributed by atoms with van der Waals surface area (Å²) in [5, 5.41) is 17.7. The standard InChI is InChI=1S/C10H14BrFN2O4S/c11-7-5-8(12)9(13)6-10(7)19(17,18)14(1-3-15)2-4-16/h5-6,15-16H,1-4,13H2. The van der Waals surface area contributed by atoms with Crippen molar-refractivity contribution >= 4 is 31.6 Å². The third-order valence-corrected chi connectivity index (χ3v) is 5.22. The zero-order chi connectivity index (χ0) is 14.6. The van der Waals surface area contributed by atoms with Crippen LogP contribution in [0.15, 0.2) is 21.5 Å². The summed E-state index contributed by atoms with van der Waals surface area (Å²) in [6.45, 7) is -1.14. The number of aliphatic hydroxyl groups excluding tert-OH is 2. The van der Waals surface area contributed by atoms with Crippen LogP contribution in [0.5, 0.6) is 0 Å². The average molecular weight is 357 g/mol. The maximum atomic E-state index is 13.2. The Morgan fingerprint density at radius 1 is 1.26 bits per heavy atom. The van der Waals surface area contributed by atoms with Gasteiger partial charge in [0, 0.05) is 17.6 Å². The molecule has 0 fully saturated rings. The number of nitrogens with two attached hydrogens (primary N) is 1. The second kappa shape index (κ2) is 6.62. The van der Waals surface area contributed by atoms with Crippen LogP contribution in [-0.2, 0) is 10.0 Å². The molecule has 0 radical (unpaired) electrons. The Morgan fingerprint density at radius 2 is 1.79 bits per heavy atom. The third kappa shape index (κ3) is 3.63. The fraction of sp³-hybridized carbons (Fsp3) is 0.400. The molecule has 1 rings (SSSR count). The lowest BCUT2D eigenvalue weighted by Gasteiger charge is -2.21. The third-order valence-electron chi connectivity index (χ3n) is 2.37. The van der Waals surface area contributed by atoms with Crippen molar-refractivity contribution < 1.29 is 23.0 Å². The van der Waals surface area contributed by atoms with Gasteiger partial charge in [0.2, 0.25) is 10.0 Å². The molecule has 0 aliphatic carbocycles. The van der Waals surface area contributed by atoms with Gasteiger partial charge in [-0.15, -0.1) is 0 Å². The van der Waals surface area contributed by atoms with E-state index < -0.39 is 29.1 Å². The Kier molecular flexibility index (Phi) is 5.68. The van der Waals surface area contributed by atoms with Gasteiger partial charge in [-0.1, -0.05) is 0 Å². The number of nitrogens with zero attached hydrogens (tertiary/aromatic N) is 1. The van der Waals surface area contributed by atoms with Crippen molar-refractivity contribution in [2.24, 2.45) is 0 Å². The molecule has 9 heteroatoms. The molecule has 4 N–H and O–H groups in total. The molecule has 6 nitrogen and oxygen atoms in total. The van der Waals surface area contributed by atoms with E-state index in [1.54, 1.807) is 0 Å². The molecule has 0 saturated carbocycles. The van der Waals surface area contributed by atoms with Crippen LogP contribution >= 0.6 is 15.9 Å². The van der Waals surface area contributed by atoms with E-state index in [9.17, 15) is 12.8 Å². The van der Waals surface area contributed by atoms with Gasteiger partial charge in [-0.3, -0.25) is 0 Å². The first-order valence-electron chi connectivity index (χ1n) is 5.31. The van der Waals surface area contributed by atoms with E-state index in [2.05, 4.69) is 15.9 Å². The van der Waals surface area contributed by atoms with Crippen LogP contribution in [0.4, 0.5) is 10.1 Å². The molecule has 0 saturated heterocycles. The molecular weight excluding hydrogens is 343 g/mol. The van der Waals surface area contributed by atoms with Crippen LogP contribution < -0.4 is 5.73 Å². The summed E-state index contributed by atoms with van der Waals surface area (Å²) < 4.78 is 38.7. The fourth-order valence-electron chi connectivity index (χ4n) is 1.46. The highest BCUT2D eigenvalue weighted by atomic mass is 79.9. The van der Waals surface area contributed by atoms with Crippen LogP contribution in [0.1, 0.15) is 0 Å². The van der Waals surface area contributed by atoms with E-state index in [4.69, 9.17) is 15.9 Å². The predicted octanol–water partition coefficient (Wildman–Crippen LogP) is 0.146. The van der Waals surface area contributed by atoms with Gasteiger partial charge < -0.3 is 15.9 Å². The first kappa shape index (κ1) is 16.3. The summed E-state index contributed by atoms with van der Waals surface area (Å²) in [6, 6.07) is 1.95. The summed E-state index contributed by atoms with van der Waals surface area (Å²) in [6.07, 6.45) is 0. The van der Waals surface area contributed by atoms with E-state index in [1.165, 1.54) is 0 Å². The smallest absolute Gasteiger partial charge is 0.244 e. The largest absolute Gasteiger partial charge is 0.396 e. The van der Waals surface area contributed by atoms with Crippen molar-refractivity contribution in [2.75, 3.05) is 32.0 Å². The Morgan fingerprint density at radius 3 is 2.26 bits per heavy atom. The number of rotatable bonds is 6. The normalized spacial score (nSPS) is 12.1. The monoisotopic (exact) mass is 356 g/mol. The number of hydrogen-bond donors (Lipinski definition) is 3. The molecule has 19 heavy (non-hydrogen) atoms. The molecule has 1 aromatic carbocycles. The Balaban J connectivity index is 3.28. The second-order valence-electron chi connectivity index (χ2n) is 3.66. The van der Waals surface area contributed by atoms with E-state index in [0.717, 1.165) is 16.4 Å². The van der Waals surface area contributed by atoms with Crippen LogP contribution in [0.25, 0.3) is 0 Å². The highest BCUT2D eigenvalue weighted by molar-refractivity contribution is 9.10. The van der Waals surface area contributed by atoms with E-state index in [1.807, 2.05) is 0 Å². The van der Waals surface area contributed by atoms with Crippen LogP contribution in [0.3, 0.4) is 0 Å². The molecular formula is C10H14BrFN2O4S. The number of anilines is 1. The van der Waals surface area contributed by atoms with Gasteiger partial charge in [0.25, 0.3) is 0 Å². The number of hydrogen-bond acceptors (Lipinski definition) is 5. The van der Waals surface area contributed by atoms with Crippen molar-refractivity contribution in [3.05, 3.63) is 22.4 Å². The number of sulfonamides is 1. The van der Waals surface area contributed by atoms with Gasteiger partial charge in [0.05, 0.1) is 23.8 Å². The molecule has 0 heterocycles. The maximum Gasteiger partial charge on any atom is 0.244 e. The molecule has 0 aliphatic heterocycles. The van der Waals surface area contributed by atoms with E-state index in [0.29, 0.717) is 0 Å². The predicted molar refractivity (Wildman–Crippen MR) is 71.4 cm³/mol. The van der Waals surface area contributed by atoms with Crippen LogP contribution in [-0.4, -0.2) is 49.2 Å². The summed E-state index contributed by atoms with van der Waals surface area (Å²) >= 11 is 2.96. The van der Waals surface area contributed by atoms with Crippen molar-refractivity contribution in [2.45, 2.75) is 4.90 Å². The quantitative estimate of drug-likeness (QED) is 0.629. The fourth-order valence-corrected chi connectivity index (χ4v) is 3.89. The SMILES string of the molecule is Nc1cc(S(=O)(=O)N(CCO)CCO)c(Br)cc1F. The average Bonchev–Trinajstić information content (AvgIpc) is 2.33. The molecule has 108 valence electrons. The lowest BCUT2D eigenvalue weighted by Crippen LogP contribution is -2.36. The van der Waals surface area contributed by atoms with Crippen LogP contribution in [0.2, 0.25) is 0 Å². The highest BCUT2D eigenvalue weighted by Gasteiger charge is 2.26. The van der Waals surface area contributed by atoms with Crippen molar-refractivity contribution in [3.63, 3.8) is 0 Å². The number of nitrogen functional groups attached to an aromatic ring is 1. The van der Waals surface area contributed by atoms with Gasteiger partial charge in [-0.05, 0) is 28.1 Å². The molecule has 0 unspecified atom stereocenters. The van der Waals surface area contributed by atoms with E-state index in [-0.39, 0.29) is 28.1 Å². The molecule has 0 amide bonds. The topological polar surface area (TPSA) is 104 Å². The van der Waals surface area contributed by atoms with Crippen molar-refractivity contribution in [1.29, 1.82) is 0 Å². The zero-order valence-corrected chi connectivity index (χ0v) is 12.3. The highest BCUT2D eigenvalue weighted by Crippen LogP contribution is 2.28. The van der Waals surface area contributed by atoms with Crippen molar-refractivity contribution in [3.8, 4) is 0 Å². The minimum Gasteiger partial charge on any atom is -0.396 e. The van der Waals surface area contributed by atoms with Gasteiger partial charge in [-0.2, -0.15) is 4.31 Å². The summed E-state index contributed by atoms with van der Waals surface area (Å²) in [4.78, 5) is -0.215. The molecule has 0 bridgehead atoms. The summed E-state index contributed by atoms with van der Waals surface area (Å²) in [5.41, 5.74) is 5.06. The molecule has 0 aliphatic rings. The second-order valence-corrected chi connectivity index (χ2v) is 6.42. The number of halogens is 2. The minimum absolute atomic E-state index is 0.0279. The maximum absolute atomic E-state index is 13.2. The van der Waals surface area contributed by atoms with Gasteiger partial charge in [-0.25, -0.2) is 12.8 Å². The lowest BCUT2D eigenvalue weighted by atomic mass is 10.3. The summed E-state index contributed by atoms with van der Waals surface area (Å²) in [5.74, 6) is -0.735. The Labute approximate surface area is 118 Å². The number of benzene rings is 1. The van der Waals surface area contributed by atoms with Gasteiger partial charge in [0.15, 0.2) is 0 Å². The van der Waals surface area contributed by atoms with Gasteiger partial charge >= 0.3 is 0 Å². The van der Waals surface area contributed by atoms with Crippen molar-refractivity contribution in [1.82, 2.24) is 4.31 Å². The minimum atomic E-state index is -3.98. The Bertz CT molecular complexity index is 547. The van der Waals surface area contributed by atoms with Crippen LogP contribution in [0, 0.1) is 5.82 Å². The molecule has 0 spiro atoms. The molecule has 0 aromatic heterocycles. The summed E-state index contributed by atoms with van der Waals surface area (Å²) in [7, 11) is -3.98.